The summed E-state index contributed by atoms with van der Waals surface area (Å²) >= 11 is 0. The average molecular weight is 338 g/mol. The molecule has 1 fully saturated rings. The standard InChI is InChI=1S/C18H26O4S/c1-18(2,3)22-17(19)16-6-4-14(5-7-16)12-23(20)13-15-8-10-21-11-9-15/h4-7,15H,8-13H2,1-3H3/t23-/m0/s1. The van der Waals surface area contributed by atoms with Crippen LogP contribution in [0.3, 0.4) is 0 Å². The van der Waals surface area contributed by atoms with Gasteiger partial charge in [0.2, 0.25) is 0 Å². The number of hydrogen-bond acceptors (Lipinski definition) is 4. The predicted octanol–water partition coefficient (Wildman–Crippen LogP) is 3.32. The average Bonchev–Trinajstić information content (AvgIpc) is 2.47. The Hall–Kier alpha value is -1.20. The molecule has 4 nitrogen and oxygen atoms in total. The Balaban J connectivity index is 1.86. The monoisotopic (exact) mass is 338 g/mol. The van der Waals surface area contributed by atoms with E-state index in [-0.39, 0.29) is 5.97 Å². The van der Waals surface area contributed by atoms with E-state index in [4.69, 9.17) is 9.47 Å². The Bertz CT molecular complexity index is 539. The molecular weight excluding hydrogens is 312 g/mol. The van der Waals surface area contributed by atoms with Gasteiger partial charge in [-0.2, -0.15) is 0 Å². The fourth-order valence-corrected chi connectivity index (χ4v) is 4.04. The van der Waals surface area contributed by atoms with Crippen LogP contribution in [0.1, 0.15) is 49.5 Å². The van der Waals surface area contributed by atoms with Gasteiger partial charge in [-0.25, -0.2) is 4.79 Å². The molecule has 5 heteroatoms. The van der Waals surface area contributed by atoms with Crippen molar-refractivity contribution in [2.75, 3.05) is 19.0 Å². The second kappa shape index (κ2) is 8.06. The Kier molecular flexibility index (Phi) is 6.36. The van der Waals surface area contributed by atoms with E-state index >= 15 is 0 Å². The highest BCUT2D eigenvalue weighted by atomic mass is 32.2. The van der Waals surface area contributed by atoms with Crippen LogP contribution in [0.4, 0.5) is 0 Å². The van der Waals surface area contributed by atoms with Gasteiger partial charge < -0.3 is 9.47 Å². The molecule has 2 rings (SSSR count). The van der Waals surface area contributed by atoms with Crippen LogP contribution >= 0.6 is 0 Å². The smallest absolute Gasteiger partial charge is 0.338 e. The predicted molar refractivity (Wildman–Crippen MR) is 91.9 cm³/mol. The molecule has 1 aliphatic rings. The maximum Gasteiger partial charge on any atom is 0.338 e. The molecule has 128 valence electrons. The minimum Gasteiger partial charge on any atom is -0.456 e. The van der Waals surface area contributed by atoms with Gasteiger partial charge >= 0.3 is 5.97 Å². The first-order chi connectivity index (χ1) is 10.8. The van der Waals surface area contributed by atoms with Crippen LogP contribution in [-0.4, -0.2) is 34.7 Å². The lowest BCUT2D eigenvalue weighted by molar-refractivity contribution is 0.00695. The molecule has 1 atom stereocenters. The lowest BCUT2D eigenvalue weighted by atomic mass is 10.0. The fourth-order valence-electron chi connectivity index (χ4n) is 2.49. The SMILES string of the molecule is CC(C)(C)OC(=O)c1ccc(C[S@](=O)CC2CCOCC2)cc1. The van der Waals surface area contributed by atoms with Gasteiger partial charge in [-0.05, 0) is 57.2 Å². The van der Waals surface area contributed by atoms with Crippen molar-refractivity contribution >= 4 is 16.8 Å². The largest absolute Gasteiger partial charge is 0.456 e. The minimum atomic E-state index is -0.873. The van der Waals surface area contributed by atoms with Crippen molar-refractivity contribution in [3.8, 4) is 0 Å². The molecule has 1 saturated heterocycles. The van der Waals surface area contributed by atoms with Crippen LogP contribution in [0.25, 0.3) is 0 Å². The Morgan fingerprint density at radius 2 is 1.83 bits per heavy atom. The first kappa shape index (κ1) is 18.1. The van der Waals surface area contributed by atoms with Crippen molar-refractivity contribution in [3.63, 3.8) is 0 Å². The van der Waals surface area contributed by atoms with Gasteiger partial charge in [0.05, 0.1) is 5.56 Å². The number of esters is 1. The van der Waals surface area contributed by atoms with E-state index in [9.17, 15) is 9.00 Å². The van der Waals surface area contributed by atoms with Gasteiger partial charge in [-0.1, -0.05) is 12.1 Å². The van der Waals surface area contributed by atoms with E-state index in [2.05, 4.69) is 0 Å². The molecule has 23 heavy (non-hydrogen) atoms. The van der Waals surface area contributed by atoms with Crippen molar-refractivity contribution in [2.24, 2.45) is 5.92 Å². The molecule has 0 unspecified atom stereocenters. The molecule has 0 aliphatic carbocycles. The first-order valence-electron chi connectivity index (χ1n) is 8.08. The number of ether oxygens (including phenoxy) is 2. The summed E-state index contributed by atoms with van der Waals surface area (Å²) in [6, 6.07) is 7.21. The van der Waals surface area contributed by atoms with Crippen molar-refractivity contribution in [2.45, 2.75) is 45.0 Å². The lowest BCUT2D eigenvalue weighted by Crippen LogP contribution is -2.23. The molecule has 0 aromatic heterocycles. The van der Waals surface area contributed by atoms with Crippen LogP contribution in [-0.2, 0) is 26.0 Å². The maximum atomic E-state index is 12.3. The number of rotatable bonds is 5. The summed E-state index contributed by atoms with van der Waals surface area (Å²) in [5, 5.41) is 0. The first-order valence-corrected chi connectivity index (χ1v) is 9.57. The van der Waals surface area contributed by atoms with Gasteiger partial charge in [0, 0.05) is 35.5 Å². The Labute approximate surface area is 141 Å². The third kappa shape index (κ3) is 6.43. The zero-order valence-electron chi connectivity index (χ0n) is 14.2. The van der Waals surface area contributed by atoms with E-state index in [1.54, 1.807) is 12.1 Å². The minimum absolute atomic E-state index is 0.327. The van der Waals surface area contributed by atoms with E-state index in [0.717, 1.165) is 37.4 Å². The van der Waals surface area contributed by atoms with E-state index < -0.39 is 16.4 Å². The second-order valence-corrected chi connectivity index (χ2v) is 8.51. The zero-order valence-corrected chi connectivity index (χ0v) is 15.0. The Morgan fingerprint density at radius 3 is 2.39 bits per heavy atom. The zero-order chi connectivity index (χ0) is 16.9. The van der Waals surface area contributed by atoms with E-state index in [1.165, 1.54) is 0 Å². The maximum absolute atomic E-state index is 12.3. The Morgan fingerprint density at radius 1 is 1.22 bits per heavy atom. The molecule has 0 radical (unpaired) electrons. The third-order valence-electron chi connectivity index (χ3n) is 3.68. The van der Waals surface area contributed by atoms with Gasteiger partial charge in [-0.3, -0.25) is 4.21 Å². The van der Waals surface area contributed by atoms with Crippen LogP contribution < -0.4 is 0 Å². The van der Waals surface area contributed by atoms with Gasteiger partial charge in [-0.15, -0.1) is 0 Å². The molecule has 1 aliphatic heterocycles. The summed E-state index contributed by atoms with van der Waals surface area (Å²) in [6.07, 6.45) is 2.01. The molecule has 0 amide bonds. The quantitative estimate of drug-likeness (QED) is 0.773. The second-order valence-electron chi connectivity index (χ2n) is 7.01. The van der Waals surface area contributed by atoms with Crippen molar-refractivity contribution in [3.05, 3.63) is 35.4 Å². The van der Waals surface area contributed by atoms with Gasteiger partial charge in [0.25, 0.3) is 0 Å². The number of benzene rings is 1. The highest BCUT2D eigenvalue weighted by Gasteiger charge is 2.19. The summed E-state index contributed by atoms with van der Waals surface area (Å²) in [4.78, 5) is 12.0. The molecular formula is C18H26O4S. The number of carbonyl (C=O) groups excluding carboxylic acids is 1. The summed E-state index contributed by atoms with van der Waals surface area (Å²) in [7, 11) is -0.873. The van der Waals surface area contributed by atoms with Gasteiger partial charge in [0.1, 0.15) is 5.60 Å². The highest BCUT2D eigenvalue weighted by molar-refractivity contribution is 7.84. The van der Waals surface area contributed by atoms with E-state index in [1.807, 2.05) is 32.9 Å². The lowest BCUT2D eigenvalue weighted by Gasteiger charge is -2.21. The van der Waals surface area contributed by atoms with Crippen LogP contribution in [0.2, 0.25) is 0 Å². The van der Waals surface area contributed by atoms with E-state index in [0.29, 0.717) is 17.2 Å². The number of carbonyl (C=O) groups is 1. The third-order valence-corrected chi connectivity index (χ3v) is 5.18. The summed E-state index contributed by atoms with van der Waals surface area (Å²) in [5.41, 5.74) is 1.02. The summed E-state index contributed by atoms with van der Waals surface area (Å²) in [6.45, 7) is 7.11. The van der Waals surface area contributed by atoms with Crippen molar-refractivity contribution < 1.29 is 18.5 Å². The van der Waals surface area contributed by atoms with Crippen LogP contribution in [0, 0.1) is 5.92 Å². The molecule has 1 aromatic rings. The molecule has 0 spiro atoms. The topological polar surface area (TPSA) is 52.6 Å². The number of hydrogen-bond donors (Lipinski definition) is 0. The molecule has 0 saturated carbocycles. The fraction of sp³-hybridized carbons (Fsp3) is 0.611. The van der Waals surface area contributed by atoms with Crippen molar-refractivity contribution in [1.82, 2.24) is 0 Å². The molecule has 0 N–H and O–H groups in total. The molecule has 1 aromatic carbocycles. The van der Waals surface area contributed by atoms with Crippen LogP contribution in [0.15, 0.2) is 24.3 Å². The normalized spacial score (nSPS) is 17.7. The highest BCUT2D eigenvalue weighted by Crippen LogP contribution is 2.18. The molecule has 1 heterocycles. The van der Waals surface area contributed by atoms with Gasteiger partial charge in [0.15, 0.2) is 0 Å². The summed E-state index contributed by atoms with van der Waals surface area (Å²) in [5.74, 6) is 1.45. The summed E-state index contributed by atoms with van der Waals surface area (Å²) < 4.78 is 22.9. The van der Waals surface area contributed by atoms with Crippen molar-refractivity contribution in [1.29, 1.82) is 0 Å². The van der Waals surface area contributed by atoms with Crippen LogP contribution in [0.5, 0.6) is 0 Å². The molecule has 0 bridgehead atoms.